The molecule has 0 spiro atoms. The van der Waals surface area contributed by atoms with Gasteiger partial charge in [0.25, 0.3) is 20.0 Å². The van der Waals surface area contributed by atoms with Gasteiger partial charge in [0.15, 0.2) is 11.7 Å². The summed E-state index contributed by atoms with van der Waals surface area (Å²) >= 11 is 0. The second-order valence-electron chi connectivity index (χ2n) is 5.70. The van der Waals surface area contributed by atoms with Crippen molar-refractivity contribution >= 4 is 20.0 Å². The molecule has 6 N–H and O–H groups in total. The number of oxazole rings is 1. The lowest BCUT2D eigenvalue weighted by atomic mass is 10.1. The highest BCUT2D eigenvalue weighted by atomic mass is 32.2. The number of nitrogens with zero attached hydrogens (tertiary/aromatic N) is 1. The van der Waals surface area contributed by atoms with Gasteiger partial charge in [-0.1, -0.05) is 12.1 Å². The first kappa shape index (κ1) is 20.1. The van der Waals surface area contributed by atoms with Crippen molar-refractivity contribution in [1.29, 1.82) is 0 Å². The van der Waals surface area contributed by atoms with Gasteiger partial charge in [0.1, 0.15) is 5.69 Å². The molecule has 0 aliphatic heterocycles. The smallest absolute Gasteiger partial charge is 0.253 e. The van der Waals surface area contributed by atoms with Gasteiger partial charge in [-0.15, -0.1) is 0 Å². The van der Waals surface area contributed by atoms with Gasteiger partial charge in [0, 0.05) is 18.1 Å². The summed E-state index contributed by atoms with van der Waals surface area (Å²) in [5.74, 6) is 10.9. The fourth-order valence-corrected chi connectivity index (χ4v) is 3.79. The number of aryl methyl sites for hydroxylation is 1. The summed E-state index contributed by atoms with van der Waals surface area (Å²) in [6, 6.07) is 11.8. The fraction of sp³-hybridized carbons (Fsp3) is 0.0625. The van der Waals surface area contributed by atoms with E-state index in [1.807, 2.05) is 0 Å². The second kappa shape index (κ2) is 7.43. The van der Waals surface area contributed by atoms with Gasteiger partial charge in [-0.05, 0) is 36.4 Å². The van der Waals surface area contributed by atoms with E-state index in [-0.39, 0.29) is 9.79 Å². The van der Waals surface area contributed by atoms with Crippen LogP contribution < -0.4 is 21.3 Å². The normalized spacial score (nSPS) is 12.2. The van der Waals surface area contributed by atoms with Gasteiger partial charge in [0.2, 0.25) is 0 Å². The summed E-state index contributed by atoms with van der Waals surface area (Å²) in [6.07, 6.45) is 0. The number of nitrogens with one attached hydrogen (secondary N) is 2. The Bertz CT molecular complexity index is 1110. The molecule has 2 aromatic carbocycles. The van der Waals surface area contributed by atoms with Crippen molar-refractivity contribution in [2.75, 3.05) is 0 Å². The molecule has 0 fully saturated rings. The third kappa shape index (κ3) is 3.82. The van der Waals surface area contributed by atoms with Crippen molar-refractivity contribution < 1.29 is 21.3 Å². The molecule has 0 aliphatic rings. The molecule has 12 heteroatoms. The molecule has 1 heterocycles. The summed E-state index contributed by atoms with van der Waals surface area (Å²) in [6.45, 7) is 1.67. The number of nitrogens with two attached hydrogens (primary N) is 2. The first-order chi connectivity index (χ1) is 13.2. The molecule has 3 rings (SSSR count). The Labute approximate surface area is 161 Å². The second-order valence-corrected chi connectivity index (χ2v) is 9.13. The Morgan fingerprint density at radius 3 is 1.64 bits per heavy atom. The zero-order chi connectivity index (χ0) is 20.5. The lowest BCUT2D eigenvalue weighted by Crippen LogP contribution is -2.30. The van der Waals surface area contributed by atoms with E-state index in [4.69, 9.17) is 16.1 Å². The summed E-state index contributed by atoms with van der Waals surface area (Å²) in [7, 11) is -7.53. The van der Waals surface area contributed by atoms with Gasteiger partial charge in [0.05, 0.1) is 9.79 Å². The summed E-state index contributed by atoms with van der Waals surface area (Å²) in [4.78, 5) is 7.86. The predicted molar refractivity (Wildman–Crippen MR) is 101 cm³/mol. The maximum absolute atomic E-state index is 11.7. The van der Waals surface area contributed by atoms with Crippen molar-refractivity contribution in [3.05, 3.63) is 54.4 Å². The van der Waals surface area contributed by atoms with E-state index in [2.05, 4.69) is 4.98 Å². The van der Waals surface area contributed by atoms with Gasteiger partial charge >= 0.3 is 0 Å². The average Bonchev–Trinajstić information content (AvgIpc) is 3.10. The highest BCUT2D eigenvalue weighted by molar-refractivity contribution is 7.89. The maximum atomic E-state index is 11.7. The van der Waals surface area contributed by atoms with Crippen molar-refractivity contribution in [2.24, 2.45) is 11.7 Å². The van der Waals surface area contributed by atoms with Crippen molar-refractivity contribution in [3.8, 4) is 22.6 Å². The summed E-state index contributed by atoms with van der Waals surface area (Å²) in [5.41, 5.74) is 1.68. The molecular formula is C16H17N5O5S2. The summed E-state index contributed by atoms with van der Waals surface area (Å²) in [5, 5.41) is 0. The molecule has 3 aromatic rings. The minimum Gasteiger partial charge on any atom is -0.440 e. The van der Waals surface area contributed by atoms with Gasteiger partial charge in [-0.2, -0.15) is 9.66 Å². The molecule has 1 aromatic heterocycles. The molecule has 0 aliphatic carbocycles. The van der Waals surface area contributed by atoms with E-state index in [1.54, 1.807) is 40.9 Å². The van der Waals surface area contributed by atoms with Crippen LogP contribution in [0.2, 0.25) is 0 Å². The zero-order valence-corrected chi connectivity index (χ0v) is 16.2. The number of hydrazine groups is 2. The van der Waals surface area contributed by atoms with Crippen LogP contribution in [0.25, 0.3) is 22.6 Å². The van der Waals surface area contributed by atoms with Gasteiger partial charge in [-0.25, -0.2) is 21.8 Å². The molecular weight excluding hydrogens is 406 g/mol. The summed E-state index contributed by atoms with van der Waals surface area (Å²) < 4.78 is 52.7. The van der Waals surface area contributed by atoms with Crippen LogP contribution in [0.15, 0.2) is 62.7 Å². The third-order valence-corrected chi connectivity index (χ3v) is 6.32. The average molecular weight is 423 g/mol. The number of hydrogen-bond donors (Lipinski definition) is 4. The number of rotatable bonds is 6. The van der Waals surface area contributed by atoms with Gasteiger partial charge < -0.3 is 4.42 Å². The fourth-order valence-electron chi connectivity index (χ4n) is 2.53. The number of benzene rings is 2. The maximum Gasteiger partial charge on any atom is 0.253 e. The molecule has 0 saturated heterocycles. The van der Waals surface area contributed by atoms with E-state index in [0.717, 1.165) is 0 Å². The van der Waals surface area contributed by atoms with Crippen molar-refractivity contribution in [1.82, 2.24) is 14.6 Å². The highest BCUT2D eigenvalue weighted by Gasteiger charge is 2.18. The van der Waals surface area contributed by atoms with Crippen molar-refractivity contribution in [2.45, 2.75) is 16.7 Å². The van der Waals surface area contributed by atoms with E-state index < -0.39 is 20.0 Å². The van der Waals surface area contributed by atoms with Crippen LogP contribution >= 0.6 is 0 Å². The Kier molecular flexibility index (Phi) is 5.34. The number of aromatic nitrogens is 1. The Morgan fingerprint density at radius 1 is 0.786 bits per heavy atom. The Morgan fingerprint density at radius 2 is 1.21 bits per heavy atom. The molecule has 0 saturated carbocycles. The van der Waals surface area contributed by atoms with Crippen LogP contribution in [0, 0.1) is 6.92 Å². The molecule has 0 amide bonds. The molecule has 0 unspecified atom stereocenters. The van der Waals surface area contributed by atoms with Crippen LogP contribution in [0.1, 0.15) is 5.89 Å². The monoisotopic (exact) mass is 423 g/mol. The van der Waals surface area contributed by atoms with Gasteiger partial charge in [-0.3, -0.25) is 11.7 Å². The minimum absolute atomic E-state index is 0.000353. The first-order valence-corrected chi connectivity index (χ1v) is 10.8. The van der Waals surface area contributed by atoms with E-state index >= 15 is 0 Å². The van der Waals surface area contributed by atoms with E-state index in [1.165, 1.54) is 24.3 Å². The quantitative estimate of drug-likeness (QED) is 0.330. The topological polar surface area (TPSA) is 170 Å². The molecule has 10 nitrogen and oxygen atoms in total. The zero-order valence-electron chi connectivity index (χ0n) is 14.6. The first-order valence-electron chi connectivity index (χ1n) is 7.81. The molecule has 0 atom stereocenters. The van der Waals surface area contributed by atoms with E-state index in [9.17, 15) is 16.8 Å². The SMILES string of the molecule is Cc1nc(-c2ccc(S(=O)(=O)NN)cc2)c(-c2ccc(S(=O)(=O)NN)cc2)o1. The lowest BCUT2D eigenvalue weighted by molar-refractivity contribution is 0.534. The van der Waals surface area contributed by atoms with E-state index in [0.29, 0.717) is 28.5 Å². The number of sulfonamides is 2. The van der Waals surface area contributed by atoms with Crippen LogP contribution in [-0.2, 0) is 20.0 Å². The highest BCUT2D eigenvalue weighted by Crippen LogP contribution is 2.33. The third-order valence-electron chi connectivity index (χ3n) is 3.91. The molecule has 0 bridgehead atoms. The standard InChI is InChI=1S/C16H17N5O5S2/c1-10-19-15(11-2-6-13(7-3-11)27(22,23)20-17)16(26-10)12-4-8-14(9-5-12)28(24,25)21-18/h2-9,20-21H,17-18H2,1H3. The number of hydrogen-bond acceptors (Lipinski definition) is 8. The minimum atomic E-state index is -3.77. The van der Waals surface area contributed by atoms with Crippen LogP contribution in [0.3, 0.4) is 0 Å². The Hall–Kier alpha value is -2.61. The molecule has 148 valence electrons. The van der Waals surface area contributed by atoms with Crippen LogP contribution in [-0.4, -0.2) is 21.8 Å². The van der Waals surface area contributed by atoms with Crippen LogP contribution in [0.4, 0.5) is 0 Å². The van der Waals surface area contributed by atoms with Crippen LogP contribution in [0.5, 0.6) is 0 Å². The molecule has 0 radical (unpaired) electrons. The lowest BCUT2D eigenvalue weighted by Gasteiger charge is -2.06. The molecule has 28 heavy (non-hydrogen) atoms. The Balaban J connectivity index is 2.03. The largest absolute Gasteiger partial charge is 0.440 e. The van der Waals surface area contributed by atoms with Crippen molar-refractivity contribution in [3.63, 3.8) is 0 Å². The predicted octanol–water partition coefficient (Wildman–Crippen LogP) is 0.621.